The second-order valence-corrected chi connectivity index (χ2v) is 4.51. The molecule has 1 atom stereocenters. The molecule has 16 heavy (non-hydrogen) atoms. The Morgan fingerprint density at radius 1 is 1.50 bits per heavy atom. The molecule has 0 amide bonds. The molecule has 1 saturated heterocycles. The van der Waals surface area contributed by atoms with E-state index in [1.807, 2.05) is 25.2 Å². The number of benzene rings is 1. The third-order valence-electron chi connectivity index (χ3n) is 3.12. The number of rotatable bonds is 4. The van der Waals surface area contributed by atoms with Gasteiger partial charge in [0, 0.05) is 35.6 Å². The zero-order valence-corrected chi connectivity index (χ0v) is 10.3. The number of nitrogens with one attached hydrogen (secondary N) is 2. The lowest BCUT2D eigenvalue weighted by molar-refractivity contribution is 0.262. The van der Waals surface area contributed by atoms with Gasteiger partial charge in [0.05, 0.1) is 7.11 Å². The van der Waals surface area contributed by atoms with Gasteiger partial charge in [-0.05, 0) is 25.2 Å². The molecule has 0 saturated carbocycles. The quantitative estimate of drug-likeness (QED) is 0.843. The molecular weight excluding hydrogens is 224 g/mol. The first-order valence-electron chi connectivity index (χ1n) is 5.47. The van der Waals surface area contributed by atoms with Gasteiger partial charge in [-0.3, -0.25) is 0 Å². The van der Waals surface area contributed by atoms with Crippen molar-refractivity contribution in [2.24, 2.45) is 5.92 Å². The highest BCUT2D eigenvalue weighted by Gasteiger charge is 2.29. The van der Waals surface area contributed by atoms with E-state index in [4.69, 9.17) is 16.3 Å². The number of methoxy groups -OCH3 is 1. The molecule has 1 aliphatic rings. The van der Waals surface area contributed by atoms with E-state index in [1.54, 1.807) is 7.11 Å². The van der Waals surface area contributed by atoms with Crippen molar-refractivity contribution in [3.05, 3.63) is 28.8 Å². The van der Waals surface area contributed by atoms with E-state index in [0.29, 0.717) is 12.0 Å². The first-order chi connectivity index (χ1) is 7.76. The number of hydrogen-bond donors (Lipinski definition) is 2. The zero-order valence-electron chi connectivity index (χ0n) is 9.59. The highest BCUT2D eigenvalue weighted by molar-refractivity contribution is 6.30. The van der Waals surface area contributed by atoms with Crippen LogP contribution in [-0.2, 0) is 0 Å². The van der Waals surface area contributed by atoms with Gasteiger partial charge < -0.3 is 15.4 Å². The zero-order chi connectivity index (χ0) is 11.5. The van der Waals surface area contributed by atoms with Crippen molar-refractivity contribution < 1.29 is 4.74 Å². The maximum atomic E-state index is 6.04. The summed E-state index contributed by atoms with van der Waals surface area (Å²) in [5.74, 6) is 1.51. The summed E-state index contributed by atoms with van der Waals surface area (Å²) in [5.41, 5.74) is 1.14. The molecule has 1 aliphatic heterocycles. The van der Waals surface area contributed by atoms with Crippen LogP contribution in [0.1, 0.15) is 11.6 Å². The lowest BCUT2D eigenvalue weighted by Crippen LogP contribution is -2.48. The molecule has 0 aromatic heterocycles. The molecule has 0 spiro atoms. The molecule has 0 radical (unpaired) electrons. The molecule has 0 aliphatic carbocycles. The Morgan fingerprint density at radius 3 is 2.75 bits per heavy atom. The summed E-state index contributed by atoms with van der Waals surface area (Å²) in [4.78, 5) is 0. The largest absolute Gasteiger partial charge is 0.496 e. The summed E-state index contributed by atoms with van der Waals surface area (Å²) in [6.07, 6.45) is 0. The highest BCUT2D eigenvalue weighted by Crippen LogP contribution is 2.33. The van der Waals surface area contributed by atoms with Gasteiger partial charge in [0.1, 0.15) is 5.75 Å². The average molecular weight is 241 g/mol. The fourth-order valence-electron chi connectivity index (χ4n) is 2.14. The number of ether oxygens (including phenoxy) is 1. The van der Waals surface area contributed by atoms with E-state index >= 15 is 0 Å². The maximum Gasteiger partial charge on any atom is 0.123 e. The van der Waals surface area contributed by atoms with Gasteiger partial charge in [-0.2, -0.15) is 0 Å². The standard InChI is InChI=1S/C12H17ClN2O/c1-14-12(8-6-15-7-8)10-5-9(13)3-4-11(10)16-2/h3-5,8,12,14-15H,6-7H2,1-2H3. The Hall–Kier alpha value is -0.770. The van der Waals surface area contributed by atoms with E-state index in [-0.39, 0.29) is 0 Å². The second kappa shape index (κ2) is 5.04. The van der Waals surface area contributed by atoms with Crippen molar-refractivity contribution in [1.82, 2.24) is 10.6 Å². The average Bonchev–Trinajstić information content (AvgIpc) is 2.23. The normalized spacial score (nSPS) is 17.9. The minimum absolute atomic E-state index is 0.301. The Bertz CT molecular complexity index is 366. The smallest absolute Gasteiger partial charge is 0.123 e. The van der Waals surface area contributed by atoms with Gasteiger partial charge >= 0.3 is 0 Å². The molecule has 88 valence electrons. The molecule has 0 bridgehead atoms. The van der Waals surface area contributed by atoms with E-state index in [0.717, 1.165) is 29.4 Å². The van der Waals surface area contributed by atoms with Crippen LogP contribution in [0.4, 0.5) is 0 Å². The van der Waals surface area contributed by atoms with Crippen LogP contribution in [-0.4, -0.2) is 27.2 Å². The van der Waals surface area contributed by atoms with Crippen LogP contribution in [0.2, 0.25) is 5.02 Å². The van der Waals surface area contributed by atoms with Crippen LogP contribution in [0.3, 0.4) is 0 Å². The third-order valence-corrected chi connectivity index (χ3v) is 3.36. The van der Waals surface area contributed by atoms with E-state index in [2.05, 4.69) is 10.6 Å². The van der Waals surface area contributed by atoms with Crippen LogP contribution in [0.15, 0.2) is 18.2 Å². The van der Waals surface area contributed by atoms with E-state index in [1.165, 1.54) is 0 Å². The Balaban J connectivity index is 2.31. The Kier molecular flexibility index (Phi) is 3.69. The van der Waals surface area contributed by atoms with Gasteiger partial charge in [0.25, 0.3) is 0 Å². The third kappa shape index (κ3) is 2.17. The van der Waals surface area contributed by atoms with Crippen molar-refractivity contribution in [3.8, 4) is 5.75 Å². The molecule has 1 aromatic carbocycles. The lowest BCUT2D eigenvalue weighted by atomic mass is 9.88. The molecule has 1 fully saturated rings. The van der Waals surface area contributed by atoms with Gasteiger partial charge in [0.2, 0.25) is 0 Å². The second-order valence-electron chi connectivity index (χ2n) is 4.07. The van der Waals surface area contributed by atoms with E-state index in [9.17, 15) is 0 Å². The summed E-state index contributed by atoms with van der Waals surface area (Å²) in [7, 11) is 3.67. The fraction of sp³-hybridized carbons (Fsp3) is 0.500. The lowest BCUT2D eigenvalue weighted by Gasteiger charge is -2.35. The number of hydrogen-bond acceptors (Lipinski definition) is 3. The van der Waals surface area contributed by atoms with Gasteiger partial charge in [-0.1, -0.05) is 11.6 Å². The van der Waals surface area contributed by atoms with Crippen LogP contribution >= 0.6 is 11.6 Å². The molecule has 1 aromatic rings. The molecule has 2 N–H and O–H groups in total. The molecule has 4 heteroatoms. The molecule has 2 rings (SSSR count). The van der Waals surface area contributed by atoms with Gasteiger partial charge in [-0.25, -0.2) is 0 Å². The summed E-state index contributed by atoms with van der Waals surface area (Å²) in [5, 5.41) is 7.38. The van der Waals surface area contributed by atoms with Crippen molar-refractivity contribution in [3.63, 3.8) is 0 Å². The topological polar surface area (TPSA) is 33.3 Å². The van der Waals surface area contributed by atoms with Crippen molar-refractivity contribution in [2.45, 2.75) is 6.04 Å². The number of halogens is 1. The Labute approximate surface area is 101 Å². The van der Waals surface area contributed by atoms with Crippen molar-refractivity contribution in [1.29, 1.82) is 0 Å². The molecule has 1 unspecified atom stereocenters. The van der Waals surface area contributed by atoms with Crippen LogP contribution in [0, 0.1) is 5.92 Å². The predicted molar refractivity (Wildman–Crippen MR) is 66.2 cm³/mol. The first-order valence-corrected chi connectivity index (χ1v) is 5.85. The minimum atomic E-state index is 0.301. The van der Waals surface area contributed by atoms with Gasteiger partial charge in [-0.15, -0.1) is 0 Å². The SMILES string of the molecule is CNC(c1cc(Cl)ccc1OC)C1CNC1. The summed E-state index contributed by atoms with van der Waals surface area (Å²) in [6.45, 7) is 2.09. The molecular formula is C12H17ClN2O. The highest BCUT2D eigenvalue weighted by atomic mass is 35.5. The molecule has 1 heterocycles. The fourth-order valence-corrected chi connectivity index (χ4v) is 2.32. The maximum absolute atomic E-state index is 6.04. The monoisotopic (exact) mass is 240 g/mol. The summed E-state index contributed by atoms with van der Waals surface area (Å²) < 4.78 is 5.38. The summed E-state index contributed by atoms with van der Waals surface area (Å²) in [6, 6.07) is 6.07. The van der Waals surface area contributed by atoms with Crippen molar-refractivity contribution in [2.75, 3.05) is 27.2 Å². The first kappa shape index (κ1) is 11.7. The van der Waals surface area contributed by atoms with Crippen LogP contribution < -0.4 is 15.4 Å². The van der Waals surface area contributed by atoms with Crippen LogP contribution in [0.25, 0.3) is 0 Å². The van der Waals surface area contributed by atoms with Gasteiger partial charge in [0.15, 0.2) is 0 Å². The van der Waals surface area contributed by atoms with E-state index < -0.39 is 0 Å². The predicted octanol–water partition coefficient (Wildman–Crippen LogP) is 1.83. The van der Waals surface area contributed by atoms with Crippen molar-refractivity contribution >= 4 is 11.6 Å². The van der Waals surface area contributed by atoms with Crippen LogP contribution in [0.5, 0.6) is 5.75 Å². The minimum Gasteiger partial charge on any atom is -0.496 e. The Morgan fingerprint density at radius 2 is 2.25 bits per heavy atom. The summed E-state index contributed by atoms with van der Waals surface area (Å²) >= 11 is 6.04. The molecule has 3 nitrogen and oxygen atoms in total.